The monoisotopic (exact) mass is 472 g/mol. The first-order chi connectivity index (χ1) is 16.7. The number of aromatic nitrogens is 1. The van der Waals surface area contributed by atoms with Gasteiger partial charge in [-0.15, -0.1) is 0 Å². The van der Waals surface area contributed by atoms with Crippen LogP contribution < -0.4 is 0 Å². The molecule has 182 valence electrons. The zero-order valence-corrected chi connectivity index (χ0v) is 20.7. The van der Waals surface area contributed by atoms with E-state index in [4.69, 9.17) is 0 Å². The van der Waals surface area contributed by atoms with E-state index in [1.807, 2.05) is 75.4 Å². The van der Waals surface area contributed by atoms with E-state index in [-0.39, 0.29) is 23.8 Å². The highest BCUT2D eigenvalue weighted by Gasteiger charge is 2.60. The summed E-state index contributed by atoms with van der Waals surface area (Å²) in [4.78, 5) is 49.5. The van der Waals surface area contributed by atoms with Crippen LogP contribution in [0.15, 0.2) is 54.6 Å². The average Bonchev–Trinajstić information content (AvgIpc) is 3.31. The van der Waals surface area contributed by atoms with Gasteiger partial charge in [-0.25, -0.2) is 9.69 Å². The van der Waals surface area contributed by atoms with E-state index < -0.39 is 11.6 Å². The van der Waals surface area contributed by atoms with Gasteiger partial charge < -0.3 is 14.8 Å². The van der Waals surface area contributed by atoms with E-state index in [2.05, 4.69) is 4.98 Å². The topological polar surface area (TPSA) is 76.7 Å². The van der Waals surface area contributed by atoms with Crippen molar-refractivity contribution >= 4 is 28.7 Å². The first-order valence-electron chi connectivity index (χ1n) is 12.3. The maximum absolute atomic E-state index is 14.1. The van der Waals surface area contributed by atoms with Crippen molar-refractivity contribution in [1.29, 1.82) is 0 Å². The maximum Gasteiger partial charge on any atom is 0.328 e. The van der Waals surface area contributed by atoms with Gasteiger partial charge in [-0.2, -0.15) is 0 Å². The highest BCUT2D eigenvalue weighted by Crippen LogP contribution is 2.45. The fraction of sp³-hybridized carbons (Fsp3) is 0.393. The number of fused-ring (bicyclic) bond motifs is 5. The molecule has 2 unspecified atom stereocenters. The molecule has 1 saturated heterocycles. The van der Waals surface area contributed by atoms with Gasteiger partial charge in [0.2, 0.25) is 5.91 Å². The molecule has 7 heteroatoms. The number of rotatable bonds is 6. The molecule has 35 heavy (non-hydrogen) atoms. The second kappa shape index (κ2) is 8.56. The van der Waals surface area contributed by atoms with Crippen molar-refractivity contribution < 1.29 is 14.4 Å². The predicted octanol–water partition coefficient (Wildman–Crippen LogP) is 4.28. The SMILES string of the molecule is CC(C)CC(C(=O)N(C)Cc1ccccc1)N1C(=O)N2CCc3c([nH]c4ccccc34)C2(C)C1=O. The number of carbonyl (C=O) groups is 3. The van der Waals surface area contributed by atoms with Crippen LogP contribution in [0, 0.1) is 5.92 Å². The molecule has 0 saturated carbocycles. The lowest BCUT2D eigenvalue weighted by molar-refractivity contribution is -0.144. The van der Waals surface area contributed by atoms with Gasteiger partial charge >= 0.3 is 6.03 Å². The smallest absolute Gasteiger partial charge is 0.328 e. The van der Waals surface area contributed by atoms with Crippen LogP contribution in [0.3, 0.4) is 0 Å². The molecule has 3 aromatic rings. The third-order valence-electron chi connectivity index (χ3n) is 7.43. The quantitative estimate of drug-likeness (QED) is 0.544. The number of nitrogens with zero attached hydrogens (tertiary/aromatic N) is 3. The molecule has 0 bridgehead atoms. The second-order valence-electron chi connectivity index (χ2n) is 10.3. The molecule has 2 aromatic carbocycles. The number of carbonyl (C=O) groups excluding carboxylic acids is 3. The van der Waals surface area contributed by atoms with Gasteiger partial charge in [0.05, 0.1) is 5.69 Å². The van der Waals surface area contributed by atoms with Crippen molar-refractivity contribution in [3.63, 3.8) is 0 Å². The molecule has 0 aliphatic carbocycles. The number of benzene rings is 2. The van der Waals surface area contributed by atoms with Crippen molar-refractivity contribution in [3.05, 3.63) is 71.4 Å². The van der Waals surface area contributed by atoms with Crippen LogP contribution >= 0.6 is 0 Å². The number of para-hydroxylation sites is 1. The molecular weight excluding hydrogens is 440 g/mol. The fourth-order valence-corrected chi connectivity index (χ4v) is 5.65. The van der Waals surface area contributed by atoms with Crippen LogP contribution in [0.5, 0.6) is 0 Å². The molecule has 5 rings (SSSR count). The number of amides is 4. The number of likely N-dealkylation sites (N-methyl/N-ethyl adjacent to an activating group) is 1. The number of aromatic amines is 1. The number of H-pyrrole nitrogens is 1. The Labute approximate surface area is 205 Å². The summed E-state index contributed by atoms with van der Waals surface area (Å²) in [7, 11) is 1.73. The van der Waals surface area contributed by atoms with E-state index in [0.717, 1.165) is 27.7 Å². The summed E-state index contributed by atoms with van der Waals surface area (Å²) < 4.78 is 0. The zero-order valence-electron chi connectivity index (χ0n) is 20.7. The highest BCUT2D eigenvalue weighted by atomic mass is 16.2. The van der Waals surface area contributed by atoms with Crippen molar-refractivity contribution in [2.24, 2.45) is 5.92 Å². The molecule has 2 aliphatic heterocycles. The van der Waals surface area contributed by atoms with Gasteiger partial charge in [0, 0.05) is 31.0 Å². The second-order valence-corrected chi connectivity index (χ2v) is 10.3. The normalized spacial score (nSPS) is 20.4. The Hall–Kier alpha value is -3.61. The minimum absolute atomic E-state index is 0.128. The molecule has 0 radical (unpaired) electrons. The molecule has 1 aromatic heterocycles. The lowest BCUT2D eigenvalue weighted by atomic mass is 9.86. The molecular formula is C28H32N4O3. The number of urea groups is 1. The van der Waals surface area contributed by atoms with Gasteiger partial charge in [-0.3, -0.25) is 9.59 Å². The summed E-state index contributed by atoms with van der Waals surface area (Å²) in [6.45, 7) is 6.68. The van der Waals surface area contributed by atoms with Gasteiger partial charge in [0.15, 0.2) is 5.54 Å². The molecule has 3 heterocycles. The third-order valence-corrected chi connectivity index (χ3v) is 7.43. The standard InChI is InChI=1S/C28H32N4O3/c1-18(2)16-23(25(33)30(4)17-19-10-6-5-7-11-19)32-26(34)28(3)24-21(14-15-31(28)27(32)35)20-12-8-9-13-22(20)29-24/h5-13,18,23,29H,14-17H2,1-4H3. The van der Waals surface area contributed by atoms with E-state index in [9.17, 15) is 14.4 Å². The zero-order chi connectivity index (χ0) is 24.9. The largest absolute Gasteiger partial charge is 0.356 e. The Morgan fingerprint density at radius 3 is 2.49 bits per heavy atom. The Morgan fingerprint density at radius 2 is 1.77 bits per heavy atom. The van der Waals surface area contributed by atoms with Crippen LogP contribution in [0.1, 0.15) is 44.0 Å². The highest BCUT2D eigenvalue weighted by molar-refractivity contribution is 6.11. The first-order valence-corrected chi connectivity index (χ1v) is 12.3. The van der Waals surface area contributed by atoms with E-state index >= 15 is 0 Å². The summed E-state index contributed by atoms with van der Waals surface area (Å²) in [6.07, 6.45) is 1.08. The Bertz CT molecular complexity index is 1300. The van der Waals surface area contributed by atoms with Gasteiger partial charge in [0.25, 0.3) is 5.91 Å². The van der Waals surface area contributed by atoms with Crippen LogP contribution in [0.2, 0.25) is 0 Å². The lowest BCUT2D eigenvalue weighted by Crippen LogP contribution is -2.51. The molecule has 0 spiro atoms. The summed E-state index contributed by atoms with van der Waals surface area (Å²) in [5, 5.41) is 1.08. The number of nitrogens with one attached hydrogen (secondary N) is 1. The minimum Gasteiger partial charge on any atom is -0.356 e. The molecule has 1 fully saturated rings. The molecule has 1 N–H and O–H groups in total. The number of imide groups is 1. The van der Waals surface area contributed by atoms with Crippen molar-refractivity contribution in [2.45, 2.75) is 51.7 Å². The average molecular weight is 473 g/mol. The molecule has 7 nitrogen and oxygen atoms in total. The third kappa shape index (κ3) is 3.61. The summed E-state index contributed by atoms with van der Waals surface area (Å²) in [5.74, 6) is -0.421. The summed E-state index contributed by atoms with van der Waals surface area (Å²) in [6, 6.07) is 16.5. The lowest BCUT2D eigenvalue weighted by Gasteiger charge is -2.36. The summed E-state index contributed by atoms with van der Waals surface area (Å²) in [5.41, 5.74) is 2.64. The Balaban J connectivity index is 1.51. The number of hydrogen-bond donors (Lipinski definition) is 1. The van der Waals surface area contributed by atoms with E-state index in [1.165, 1.54) is 4.90 Å². The van der Waals surface area contributed by atoms with Crippen molar-refractivity contribution in [3.8, 4) is 0 Å². The van der Waals surface area contributed by atoms with Crippen LogP contribution in [0.4, 0.5) is 4.79 Å². The molecule has 2 aliphatic rings. The van der Waals surface area contributed by atoms with Crippen LogP contribution in [-0.4, -0.2) is 57.2 Å². The van der Waals surface area contributed by atoms with Crippen LogP contribution in [-0.2, 0) is 28.1 Å². The van der Waals surface area contributed by atoms with Crippen molar-refractivity contribution in [2.75, 3.05) is 13.6 Å². The number of hydrogen-bond acceptors (Lipinski definition) is 3. The fourth-order valence-electron chi connectivity index (χ4n) is 5.65. The van der Waals surface area contributed by atoms with Crippen LogP contribution in [0.25, 0.3) is 10.9 Å². The van der Waals surface area contributed by atoms with Gasteiger partial charge in [0.1, 0.15) is 6.04 Å². The van der Waals surface area contributed by atoms with E-state index in [1.54, 1.807) is 16.8 Å². The minimum atomic E-state index is -1.16. The molecule has 2 atom stereocenters. The first kappa shape index (κ1) is 23.1. The molecule has 4 amide bonds. The predicted molar refractivity (Wildman–Crippen MR) is 134 cm³/mol. The maximum atomic E-state index is 14.1. The summed E-state index contributed by atoms with van der Waals surface area (Å²) >= 11 is 0. The van der Waals surface area contributed by atoms with Crippen molar-refractivity contribution in [1.82, 2.24) is 19.7 Å². The van der Waals surface area contributed by atoms with E-state index in [0.29, 0.717) is 25.9 Å². The Kier molecular flexibility index (Phi) is 5.66. The Morgan fingerprint density at radius 1 is 1.09 bits per heavy atom. The van der Waals surface area contributed by atoms with Gasteiger partial charge in [-0.05, 0) is 42.9 Å². The van der Waals surface area contributed by atoms with Gasteiger partial charge in [-0.1, -0.05) is 62.4 Å².